The van der Waals surface area contributed by atoms with Crippen molar-refractivity contribution in [2.75, 3.05) is 5.32 Å². The molecular weight excluding hydrogens is 408 g/mol. The van der Waals surface area contributed by atoms with Crippen molar-refractivity contribution in [3.05, 3.63) is 87.4 Å². The van der Waals surface area contributed by atoms with E-state index < -0.39 is 11.5 Å². The predicted molar refractivity (Wildman–Crippen MR) is 121 cm³/mol. The topological polar surface area (TPSA) is 129 Å². The average Bonchev–Trinajstić information content (AvgIpc) is 2.76. The zero-order chi connectivity index (χ0) is 23.1. The molecule has 166 valence electrons. The third kappa shape index (κ3) is 6.00. The van der Waals surface area contributed by atoms with Gasteiger partial charge in [0.05, 0.1) is 5.69 Å². The number of rotatable bonds is 7. The molecule has 32 heavy (non-hydrogen) atoms. The Morgan fingerprint density at radius 2 is 1.75 bits per heavy atom. The minimum absolute atomic E-state index is 0.000769. The van der Waals surface area contributed by atoms with E-state index in [-0.39, 0.29) is 24.1 Å². The highest BCUT2D eigenvalue weighted by Gasteiger charge is 2.17. The smallest absolute Gasteiger partial charge is 0.319 e. The number of nitrogens with zero attached hydrogens (tertiary/aromatic N) is 2. The SMILES string of the molecule is Cc1nc(C(C)C)[nH]c(=O)c1C(=O)NCc1cccc(NC(=O)NCc2ccncc2)c1. The quantitative estimate of drug-likeness (QED) is 0.454. The number of amides is 3. The zero-order valence-corrected chi connectivity index (χ0v) is 18.2. The summed E-state index contributed by atoms with van der Waals surface area (Å²) in [7, 11) is 0. The van der Waals surface area contributed by atoms with Crippen molar-refractivity contribution >= 4 is 17.6 Å². The van der Waals surface area contributed by atoms with Gasteiger partial charge in [-0.15, -0.1) is 0 Å². The van der Waals surface area contributed by atoms with Crippen molar-refractivity contribution in [3.8, 4) is 0 Å². The van der Waals surface area contributed by atoms with E-state index in [9.17, 15) is 14.4 Å². The number of aromatic amines is 1. The summed E-state index contributed by atoms with van der Waals surface area (Å²) in [5.74, 6) is 0.0979. The number of nitrogens with one attached hydrogen (secondary N) is 4. The van der Waals surface area contributed by atoms with Gasteiger partial charge in [0, 0.05) is 37.1 Å². The Bertz CT molecular complexity index is 1160. The number of carbonyl (C=O) groups is 2. The zero-order valence-electron chi connectivity index (χ0n) is 18.2. The molecular formula is C23H26N6O3. The number of carbonyl (C=O) groups excluding carboxylic acids is 2. The summed E-state index contributed by atoms with van der Waals surface area (Å²) in [4.78, 5) is 48.0. The van der Waals surface area contributed by atoms with Gasteiger partial charge in [-0.3, -0.25) is 14.6 Å². The number of hydrogen-bond donors (Lipinski definition) is 4. The van der Waals surface area contributed by atoms with E-state index in [1.54, 1.807) is 37.5 Å². The van der Waals surface area contributed by atoms with E-state index in [0.717, 1.165) is 11.1 Å². The van der Waals surface area contributed by atoms with E-state index in [4.69, 9.17) is 0 Å². The van der Waals surface area contributed by atoms with Gasteiger partial charge in [-0.2, -0.15) is 0 Å². The maximum atomic E-state index is 12.6. The predicted octanol–water partition coefficient (Wildman–Crippen LogP) is 2.85. The molecule has 0 aliphatic heterocycles. The molecule has 2 heterocycles. The molecule has 0 spiro atoms. The third-order valence-corrected chi connectivity index (χ3v) is 4.73. The molecule has 0 saturated heterocycles. The van der Waals surface area contributed by atoms with Crippen molar-refractivity contribution in [2.24, 2.45) is 0 Å². The van der Waals surface area contributed by atoms with Crippen LogP contribution in [-0.4, -0.2) is 26.9 Å². The van der Waals surface area contributed by atoms with Gasteiger partial charge in [0.15, 0.2) is 0 Å². The van der Waals surface area contributed by atoms with E-state index in [2.05, 4.69) is 30.9 Å². The monoisotopic (exact) mass is 434 g/mol. The molecule has 3 aromatic rings. The Balaban J connectivity index is 1.58. The number of aryl methyl sites for hydroxylation is 1. The van der Waals surface area contributed by atoms with Crippen LogP contribution >= 0.6 is 0 Å². The number of aromatic nitrogens is 3. The number of urea groups is 1. The summed E-state index contributed by atoms with van der Waals surface area (Å²) in [5, 5.41) is 8.27. The summed E-state index contributed by atoms with van der Waals surface area (Å²) in [6.45, 7) is 6.04. The largest absolute Gasteiger partial charge is 0.348 e. The molecule has 1 aromatic carbocycles. The van der Waals surface area contributed by atoms with Gasteiger partial charge in [-0.1, -0.05) is 26.0 Å². The van der Waals surface area contributed by atoms with E-state index in [0.29, 0.717) is 23.8 Å². The van der Waals surface area contributed by atoms with Crippen molar-refractivity contribution in [3.63, 3.8) is 0 Å². The molecule has 0 bridgehead atoms. The molecule has 0 unspecified atom stereocenters. The Kier molecular flexibility index (Phi) is 7.33. The highest BCUT2D eigenvalue weighted by atomic mass is 16.2. The van der Waals surface area contributed by atoms with Gasteiger partial charge in [-0.05, 0) is 42.3 Å². The molecule has 0 aliphatic rings. The molecule has 9 heteroatoms. The van der Waals surface area contributed by atoms with Gasteiger partial charge < -0.3 is 20.9 Å². The molecule has 9 nitrogen and oxygen atoms in total. The van der Waals surface area contributed by atoms with Crippen LogP contribution < -0.4 is 21.5 Å². The first-order valence-electron chi connectivity index (χ1n) is 10.2. The second kappa shape index (κ2) is 10.3. The fraction of sp³-hybridized carbons (Fsp3) is 0.261. The van der Waals surface area contributed by atoms with Crippen molar-refractivity contribution in [1.82, 2.24) is 25.6 Å². The van der Waals surface area contributed by atoms with E-state index >= 15 is 0 Å². The summed E-state index contributed by atoms with van der Waals surface area (Å²) >= 11 is 0. The van der Waals surface area contributed by atoms with Crippen molar-refractivity contribution in [1.29, 1.82) is 0 Å². The number of pyridine rings is 1. The van der Waals surface area contributed by atoms with Gasteiger partial charge in [0.25, 0.3) is 11.5 Å². The number of anilines is 1. The Hall–Kier alpha value is -4.01. The summed E-state index contributed by atoms with van der Waals surface area (Å²) in [5.41, 5.74) is 2.22. The van der Waals surface area contributed by atoms with Crippen LogP contribution in [0.15, 0.2) is 53.6 Å². The lowest BCUT2D eigenvalue weighted by atomic mass is 10.1. The van der Waals surface area contributed by atoms with Crippen molar-refractivity contribution < 1.29 is 9.59 Å². The molecule has 0 saturated carbocycles. The highest BCUT2D eigenvalue weighted by Crippen LogP contribution is 2.12. The summed E-state index contributed by atoms with van der Waals surface area (Å²) < 4.78 is 0. The number of hydrogen-bond acceptors (Lipinski definition) is 5. The normalized spacial score (nSPS) is 10.6. The number of H-pyrrole nitrogens is 1. The minimum atomic E-state index is -0.500. The fourth-order valence-corrected chi connectivity index (χ4v) is 3.04. The molecule has 2 aromatic heterocycles. The van der Waals surface area contributed by atoms with Crippen molar-refractivity contribution in [2.45, 2.75) is 39.8 Å². The molecule has 3 rings (SSSR count). The lowest BCUT2D eigenvalue weighted by Crippen LogP contribution is -2.32. The Morgan fingerprint density at radius 1 is 1.03 bits per heavy atom. The van der Waals surface area contributed by atoms with Gasteiger partial charge >= 0.3 is 6.03 Å². The number of benzene rings is 1. The maximum absolute atomic E-state index is 12.6. The first-order chi connectivity index (χ1) is 15.3. The summed E-state index contributed by atoms with van der Waals surface area (Å²) in [6, 6.07) is 10.4. The van der Waals surface area contributed by atoms with E-state index in [1.807, 2.05) is 32.0 Å². The van der Waals surface area contributed by atoms with Crippen LogP contribution in [0.5, 0.6) is 0 Å². The van der Waals surface area contributed by atoms with Gasteiger partial charge in [0.2, 0.25) is 0 Å². The standard InChI is InChI=1S/C23H26N6O3/c1-14(2)20-27-15(3)19(22(31)29-20)21(30)25-13-17-5-4-6-18(11-17)28-23(32)26-12-16-7-9-24-10-8-16/h4-11,14H,12-13H2,1-3H3,(H,25,30)(H2,26,28,32)(H,27,29,31). The van der Waals surface area contributed by atoms with Crippen LogP contribution in [0, 0.1) is 6.92 Å². The van der Waals surface area contributed by atoms with Gasteiger partial charge in [-0.25, -0.2) is 9.78 Å². The Labute approximate surface area is 185 Å². The third-order valence-electron chi connectivity index (χ3n) is 4.73. The average molecular weight is 435 g/mol. The molecule has 0 aliphatic carbocycles. The molecule has 0 fully saturated rings. The molecule has 0 atom stereocenters. The van der Waals surface area contributed by atoms with E-state index in [1.165, 1.54) is 0 Å². The molecule has 3 amide bonds. The van der Waals surface area contributed by atoms with Crippen LogP contribution in [0.3, 0.4) is 0 Å². The summed E-state index contributed by atoms with van der Waals surface area (Å²) in [6.07, 6.45) is 3.33. The second-order valence-electron chi connectivity index (χ2n) is 7.61. The lowest BCUT2D eigenvalue weighted by molar-refractivity contribution is 0.0948. The van der Waals surface area contributed by atoms with Crippen LogP contribution in [0.2, 0.25) is 0 Å². The first-order valence-corrected chi connectivity index (χ1v) is 10.2. The molecule has 0 radical (unpaired) electrons. The van der Waals surface area contributed by atoms with Crippen LogP contribution in [0.4, 0.5) is 10.5 Å². The maximum Gasteiger partial charge on any atom is 0.319 e. The van der Waals surface area contributed by atoms with Crippen LogP contribution in [0.25, 0.3) is 0 Å². The fourth-order valence-electron chi connectivity index (χ4n) is 3.04. The van der Waals surface area contributed by atoms with Crippen LogP contribution in [-0.2, 0) is 13.1 Å². The molecule has 4 N–H and O–H groups in total. The van der Waals surface area contributed by atoms with Crippen LogP contribution in [0.1, 0.15) is 52.8 Å². The Morgan fingerprint density at radius 3 is 2.44 bits per heavy atom. The van der Waals surface area contributed by atoms with Gasteiger partial charge in [0.1, 0.15) is 11.4 Å². The lowest BCUT2D eigenvalue weighted by Gasteiger charge is -2.11. The highest BCUT2D eigenvalue weighted by molar-refractivity contribution is 5.94. The first kappa shape index (κ1) is 22.7. The minimum Gasteiger partial charge on any atom is -0.348 e. The second-order valence-corrected chi connectivity index (χ2v) is 7.61.